The van der Waals surface area contributed by atoms with Crippen LogP contribution >= 0.6 is 0 Å². The highest BCUT2D eigenvalue weighted by atomic mass is 15.1. The van der Waals surface area contributed by atoms with Crippen molar-refractivity contribution in [2.45, 2.75) is 88.9 Å². The summed E-state index contributed by atoms with van der Waals surface area (Å²) in [6.07, 6.45) is 9.59. The van der Waals surface area contributed by atoms with Crippen LogP contribution in [-0.2, 0) is 16.2 Å². The Morgan fingerprint density at radius 2 is 1.02 bits per heavy atom. The highest BCUT2D eigenvalue weighted by Crippen LogP contribution is 2.69. The maximum Gasteiger partial charge on any atom is 0.0468 e. The first-order valence-electron chi connectivity index (χ1n) is 20.5. The summed E-state index contributed by atoms with van der Waals surface area (Å²) in [4.78, 5) is 2.48. The van der Waals surface area contributed by atoms with Crippen molar-refractivity contribution >= 4 is 27.8 Å². The first-order valence-corrected chi connectivity index (χ1v) is 20.5. The molecule has 0 aliphatic heterocycles. The number of nitrogens with zero attached hydrogens (tertiary/aromatic N) is 1. The molecule has 1 heteroatoms. The second-order valence-corrected chi connectivity index (χ2v) is 18.9. The van der Waals surface area contributed by atoms with Crippen LogP contribution in [-0.4, -0.2) is 0 Å². The molecule has 0 atom stereocenters. The fourth-order valence-electron chi connectivity index (χ4n) is 12.6. The predicted molar refractivity (Wildman–Crippen MR) is 223 cm³/mol. The van der Waals surface area contributed by atoms with Gasteiger partial charge in [0.05, 0.1) is 0 Å². The Morgan fingerprint density at radius 1 is 0.434 bits per heavy atom. The Balaban J connectivity index is 1.02. The van der Waals surface area contributed by atoms with Gasteiger partial charge in [-0.25, -0.2) is 0 Å². The van der Waals surface area contributed by atoms with Crippen molar-refractivity contribution in [1.82, 2.24) is 0 Å². The van der Waals surface area contributed by atoms with Gasteiger partial charge in [-0.1, -0.05) is 113 Å². The van der Waals surface area contributed by atoms with E-state index in [0.717, 1.165) is 23.7 Å². The zero-order valence-electron chi connectivity index (χ0n) is 31.8. The maximum atomic E-state index is 2.63. The van der Waals surface area contributed by atoms with Crippen LogP contribution in [0.1, 0.15) is 94.9 Å². The number of rotatable bonds is 4. The molecule has 0 N–H and O–H groups in total. The molecule has 0 radical (unpaired) electrons. The van der Waals surface area contributed by atoms with Crippen LogP contribution in [0.3, 0.4) is 0 Å². The third-order valence-corrected chi connectivity index (χ3v) is 15.1. The highest BCUT2D eigenvalue weighted by molar-refractivity contribution is 5.90. The number of benzene rings is 6. The standard InChI is InChI=1S/C52H51N/c1-50(2)23-24-51(3,4)49-32-43(20-22-47(49)50)53(42-19-15-35-9-5-6-10-37(35)30-42)41-17-13-36(14-18-41)38-16-21-45-44-11-7-8-12-46(44)52(48(45)31-38)39-26-33-25-34(28-39)29-40(52)27-33/h5-22,30-34,39-40H,23-29H2,1-4H3. The van der Waals surface area contributed by atoms with E-state index in [1.54, 1.807) is 11.1 Å². The van der Waals surface area contributed by atoms with Gasteiger partial charge in [0.1, 0.15) is 0 Å². The maximum absolute atomic E-state index is 2.63. The number of anilines is 3. The Morgan fingerprint density at radius 3 is 1.77 bits per heavy atom. The van der Waals surface area contributed by atoms with E-state index in [4.69, 9.17) is 0 Å². The quantitative estimate of drug-likeness (QED) is 0.178. The van der Waals surface area contributed by atoms with Crippen molar-refractivity contribution in [2.75, 3.05) is 4.90 Å². The van der Waals surface area contributed by atoms with Gasteiger partial charge in [-0.05, 0) is 177 Å². The summed E-state index contributed by atoms with van der Waals surface area (Å²) < 4.78 is 0. The van der Waals surface area contributed by atoms with Crippen LogP contribution < -0.4 is 4.90 Å². The van der Waals surface area contributed by atoms with Crippen LogP contribution in [0.4, 0.5) is 17.1 Å². The van der Waals surface area contributed by atoms with E-state index in [1.165, 1.54) is 106 Å². The Hall–Kier alpha value is -4.62. The van der Waals surface area contributed by atoms with Gasteiger partial charge in [0.25, 0.3) is 0 Å². The predicted octanol–water partition coefficient (Wildman–Crippen LogP) is 14.0. The van der Waals surface area contributed by atoms with E-state index in [1.807, 2.05) is 0 Å². The summed E-state index contributed by atoms with van der Waals surface area (Å²) in [5.74, 6) is 3.46. The highest BCUT2D eigenvalue weighted by Gasteiger charge is 2.61. The summed E-state index contributed by atoms with van der Waals surface area (Å²) in [7, 11) is 0. The van der Waals surface area contributed by atoms with E-state index in [2.05, 4.69) is 160 Å². The number of hydrogen-bond donors (Lipinski definition) is 0. The lowest BCUT2D eigenvalue weighted by atomic mass is 9.43. The molecular weight excluding hydrogens is 639 g/mol. The largest absolute Gasteiger partial charge is 0.310 e. The van der Waals surface area contributed by atoms with Gasteiger partial charge < -0.3 is 4.90 Å². The summed E-state index contributed by atoms with van der Waals surface area (Å²) in [5.41, 5.74) is 16.1. The zero-order chi connectivity index (χ0) is 35.7. The molecule has 1 nitrogen and oxygen atoms in total. The smallest absolute Gasteiger partial charge is 0.0468 e. The van der Waals surface area contributed by atoms with E-state index < -0.39 is 0 Å². The molecule has 6 aliphatic rings. The lowest BCUT2D eigenvalue weighted by Crippen LogP contribution is -2.55. The van der Waals surface area contributed by atoms with Gasteiger partial charge in [0, 0.05) is 22.5 Å². The molecule has 0 amide bonds. The molecule has 0 heterocycles. The van der Waals surface area contributed by atoms with Gasteiger partial charge in [-0.3, -0.25) is 0 Å². The Labute approximate surface area is 316 Å². The number of fused-ring (bicyclic) bond motifs is 5. The zero-order valence-corrected chi connectivity index (χ0v) is 31.8. The third-order valence-electron chi connectivity index (χ3n) is 15.1. The Bertz CT molecular complexity index is 2400. The van der Waals surface area contributed by atoms with Crippen molar-refractivity contribution in [3.63, 3.8) is 0 Å². The van der Waals surface area contributed by atoms with Gasteiger partial charge >= 0.3 is 0 Å². The molecular formula is C52H51N. The molecule has 0 unspecified atom stereocenters. The van der Waals surface area contributed by atoms with E-state index in [0.29, 0.717) is 0 Å². The minimum absolute atomic E-state index is 0.141. The molecule has 4 fully saturated rings. The lowest BCUT2D eigenvalue weighted by Gasteiger charge is -2.61. The van der Waals surface area contributed by atoms with Gasteiger partial charge in [-0.15, -0.1) is 0 Å². The summed E-state index contributed by atoms with van der Waals surface area (Å²) in [5, 5.41) is 2.54. The van der Waals surface area contributed by atoms with E-state index in [9.17, 15) is 0 Å². The molecule has 6 aromatic rings. The number of hydrogen-bond acceptors (Lipinski definition) is 1. The van der Waals surface area contributed by atoms with Crippen LogP contribution in [0.15, 0.2) is 127 Å². The second-order valence-electron chi connectivity index (χ2n) is 18.9. The average Bonchev–Trinajstić information content (AvgIpc) is 3.46. The van der Waals surface area contributed by atoms with E-state index in [-0.39, 0.29) is 16.2 Å². The fraction of sp³-hybridized carbons (Fsp3) is 0.346. The molecule has 264 valence electrons. The summed E-state index contributed by atoms with van der Waals surface area (Å²) in [6, 6.07) is 49.4. The van der Waals surface area contributed by atoms with Crippen molar-refractivity contribution in [3.8, 4) is 22.3 Å². The lowest BCUT2D eigenvalue weighted by molar-refractivity contribution is -0.0399. The van der Waals surface area contributed by atoms with Crippen molar-refractivity contribution in [3.05, 3.63) is 150 Å². The van der Waals surface area contributed by atoms with Gasteiger partial charge in [0.2, 0.25) is 0 Å². The summed E-state index contributed by atoms with van der Waals surface area (Å²) >= 11 is 0. The molecule has 0 saturated heterocycles. The molecule has 1 spiro atoms. The minimum Gasteiger partial charge on any atom is -0.310 e. The van der Waals surface area contributed by atoms with Gasteiger partial charge in [0.15, 0.2) is 0 Å². The fourth-order valence-corrected chi connectivity index (χ4v) is 12.6. The Kier molecular flexibility index (Phi) is 6.74. The molecule has 4 saturated carbocycles. The minimum atomic E-state index is 0.141. The van der Waals surface area contributed by atoms with Crippen molar-refractivity contribution in [1.29, 1.82) is 0 Å². The SMILES string of the molecule is CC1(C)CCC(C)(C)c2cc(N(c3ccc(-c4ccc5c(c4)C4(c6ccccc6-5)C5CC6CC(C5)CC4C6)cc3)c3ccc4ccccc4c3)ccc21. The van der Waals surface area contributed by atoms with Crippen molar-refractivity contribution in [2.24, 2.45) is 23.7 Å². The van der Waals surface area contributed by atoms with Gasteiger partial charge in [-0.2, -0.15) is 0 Å². The van der Waals surface area contributed by atoms with Crippen LogP contribution in [0.2, 0.25) is 0 Å². The molecule has 4 bridgehead atoms. The molecule has 53 heavy (non-hydrogen) atoms. The van der Waals surface area contributed by atoms with E-state index >= 15 is 0 Å². The summed E-state index contributed by atoms with van der Waals surface area (Å²) in [6.45, 7) is 9.71. The monoisotopic (exact) mass is 689 g/mol. The topological polar surface area (TPSA) is 3.24 Å². The molecule has 6 aliphatic carbocycles. The third kappa shape index (κ3) is 4.62. The molecule has 12 rings (SSSR count). The first kappa shape index (κ1) is 31.9. The second kappa shape index (κ2) is 11.2. The van der Waals surface area contributed by atoms with Crippen LogP contribution in [0.5, 0.6) is 0 Å². The van der Waals surface area contributed by atoms with Crippen LogP contribution in [0, 0.1) is 23.7 Å². The average molecular weight is 690 g/mol. The first-order chi connectivity index (χ1) is 25.7. The van der Waals surface area contributed by atoms with Crippen LogP contribution in [0.25, 0.3) is 33.0 Å². The van der Waals surface area contributed by atoms with Crippen molar-refractivity contribution < 1.29 is 0 Å². The molecule has 0 aromatic heterocycles. The molecule has 6 aromatic carbocycles. The normalized spacial score (nSPS) is 26.7.